The molecule has 2 nitrogen and oxygen atoms in total. The molecule has 4 rings (SSSR count). The smallest absolute Gasteiger partial charge is 0.0477 e. The van der Waals surface area contributed by atoms with Crippen LogP contribution in [0.1, 0.15) is 39.5 Å². The van der Waals surface area contributed by atoms with E-state index in [4.69, 9.17) is 0 Å². The highest BCUT2D eigenvalue weighted by atomic mass is 16.5. The molecule has 0 N–H and O–H groups in total. The third-order valence-electron chi connectivity index (χ3n) is 4.46. The number of hydrogen-bond acceptors (Lipinski definition) is 1. The molecule has 0 unspecified atom stereocenters. The largest absolute Gasteiger partial charge is 0.143 e. The Labute approximate surface area is 73.5 Å². The molecule has 2 saturated carbocycles. The first-order chi connectivity index (χ1) is 5.54. The predicted octanol–water partition coefficient (Wildman–Crippen LogP) is 1.98. The molecular formula is C10H16NO. The predicted molar refractivity (Wildman–Crippen MR) is 44.8 cm³/mol. The van der Waals surface area contributed by atoms with Crippen LogP contribution in [-0.2, 0) is 5.21 Å². The third kappa shape index (κ3) is 0.612. The SMILES string of the molecule is CC12CC3CC(C)(CC3C1)N2[O]. The van der Waals surface area contributed by atoms with Crippen molar-refractivity contribution in [1.82, 2.24) is 5.06 Å². The third-order valence-corrected chi connectivity index (χ3v) is 4.46. The van der Waals surface area contributed by atoms with E-state index in [0.717, 1.165) is 37.5 Å². The minimum absolute atomic E-state index is 0.0145. The molecule has 4 fully saturated rings. The van der Waals surface area contributed by atoms with Gasteiger partial charge in [0.1, 0.15) is 0 Å². The fourth-order valence-corrected chi connectivity index (χ4v) is 4.22. The van der Waals surface area contributed by atoms with Gasteiger partial charge in [0.2, 0.25) is 0 Å². The molecule has 4 aliphatic rings. The Morgan fingerprint density at radius 1 is 1.00 bits per heavy atom. The van der Waals surface area contributed by atoms with E-state index in [1.807, 2.05) is 0 Å². The first-order valence-corrected chi connectivity index (χ1v) is 5.01. The number of rotatable bonds is 0. The molecule has 1 radical (unpaired) electrons. The lowest BCUT2D eigenvalue weighted by Crippen LogP contribution is -2.58. The van der Waals surface area contributed by atoms with Gasteiger partial charge in [0.05, 0.1) is 0 Å². The standard InChI is InChI=1S/C10H16NO/c1-9-3-7-5-10(2,11(9)12)6-8(7)4-9/h7-8H,3-6H2,1-2H3. The Bertz CT molecular complexity index is 202. The quantitative estimate of drug-likeness (QED) is 0.539. The Hall–Kier alpha value is -0.0800. The summed E-state index contributed by atoms with van der Waals surface area (Å²) < 4.78 is 0. The van der Waals surface area contributed by atoms with Crippen molar-refractivity contribution in [2.45, 2.75) is 50.6 Å². The summed E-state index contributed by atoms with van der Waals surface area (Å²) >= 11 is 0. The Morgan fingerprint density at radius 3 is 1.67 bits per heavy atom. The van der Waals surface area contributed by atoms with Crippen molar-refractivity contribution in [3.05, 3.63) is 0 Å². The van der Waals surface area contributed by atoms with E-state index in [1.54, 1.807) is 0 Å². The maximum Gasteiger partial charge on any atom is 0.0477 e. The van der Waals surface area contributed by atoms with Crippen molar-refractivity contribution in [1.29, 1.82) is 0 Å². The number of hydroxylamine groups is 2. The van der Waals surface area contributed by atoms with Crippen molar-refractivity contribution in [2.75, 3.05) is 0 Å². The zero-order valence-corrected chi connectivity index (χ0v) is 7.84. The molecular weight excluding hydrogens is 150 g/mol. The van der Waals surface area contributed by atoms with Gasteiger partial charge in [-0.05, 0) is 51.4 Å². The van der Waals surface area contributed by atoms with Crippen LogP contribution in [0.3, 0.4) is 0 Å². The molecule has 2 aliphatic heterocycles. The molecule has 0 aromatic heterocycles. The van der Waals surface area contributed by atoms with Crippen LogP contribution in [0.2, 0.25) is 0 Å². The zero-order valence-electron chi connectivity index (χ0n) is 7.84. The minimum Gasteiger partial charge on any atom is -0.143 e. The van der Waals surface area contributed by atoms with Crippen molar-refractivity contribution in [2.24, 2.45) is 11.8 Å². The maximum atomic E-state index is 12.0. The zero-order chi connectivity index (χ0) is 8.56. The van der Waals surface area contributed by atoms with Crippen LogP contribution < -0.4 is 0 Å². The molecule has 2 heteroatoms. The van der Waals surface area contributed by atoms with Crippen molar-refractivity contribution in [3.63, 3.8) is 0 Å². The fourth-order valence-electron chi connectivity index (χ4n) is 4.22. The highest BCUT2D eigenvalue weighted by Crippen LogP contribution is 2.62. The lowest BCUT2D eigenvalue weighted by Gasteiger charge is -2.48. The monoisotopic (exact) mass is 166 g/mol. The number of nitrogens with zero attached hydrogens (tertiary/aromatic N) is 1. The van der Waals surface area contributed by atoms with Gasteiger partial charge >= 0.3 is 0 Å². The molecule has 4 bridgehead atoms. The molecule has 0 aromatic carbocycles. The first-order valence-electron chi connectivity index (χ1n) is 5.01. The van der Waals surface area contributed by atoms with E-state index < -0.39 is 0 Å². The summed E-state index contributed by atoms with van der Waals surface area (Å²) in [5, 5.41) is 13.4. The van der Waals surface area contributed by atoms with Gasteiger partial charge in [0, 0.05) is 11.1 Å². The minimum atomic E-state index is 0.0145. The Balaban J connectivity index is 2.07. The van der Waals surface area contributed by atoms with Gasteiger partial charge in [-0.3, -0.25) is 0 Å². The summed E-state index contributed by atoms with van der Waals surface area (Å²) in [5.74, 6) is 1.76. The number of hydrogen-bond donors (Lipinski definition) is 0. The molecule has 0 aromatic rings. The lowest BCUT2D eigenvalue weighted by molar-refractivity contribution is -0.296. The summed E-state index contributed by atoms with van der Waals surface area (Å²) in [6, 6.07) is 0. The molecule has 2 saturated heterocycles. The van der Waals surface area contributed by atoms with Gasteiger partial charge in [0.25, 0.3) is 0 Å². The lowest BCUT2D eigenvalue weighted by atomic mass is 9.80. The summed E-state index contributed by atoms with van der Waals surface area (Å²) in [6.07, 6.45) is 4.65. The number of piperidine rings is 2. The fraction of sp³-hybridized carbons (Fsp3) is 1.00. The van der Waals surface area contributed by atoms with E-state index in [9.17, 15) is 5.21 Å². The molecule has 12 heavy (non-hydrogen) atoms. The average Bonchev–Trinajstić information content (AvgIpc) is 2.34. The van der Waals surface area contributed by atoms with E-state index in [0.29, 0.717) is 0 Å². The first kappa shape index (κ1) is 7.34. The molecule has 67 valence electrons. The van der Waals surface area contributed by atoms with Gasteiger partial charge in [-0.2, -0.15) is 0 Å². The molecule has 2 heterocycles. The van der Waals surface area contributed by atoms with Gasteiger partial charge in [0.15, 0.2) is 0 Å². The van der Waals surface area contributed by atoms with Crippen LogP contribution in [0, 0.1) is 11.8 Å². The molecule has 0 spiro atoms. The van der Waals surface area contributed by atoms with Crippen molar-refractivity contribution < 1.29 is 5.21 Å². The van der Waals surface area contributed by atoms with Crippen molar-refractivity contribution in [3.8, 4) is 0 Å². The van der Waals surface area contributed by atoms with E-state index in [-0.39, 0.29) is 11.1 Å². The van der Waals surface area contributed by atoms with Crippen LogP contribution in [-0.4, -0.2) is 16.1 Å². The van der Waals surface area contributed by atoms with E-state index in [2.05, 4.69) is 13.8 Å². The second-order valence-corrected chi connectivity index (χ2v) is 5.62. The second-order valence-electron chi connectivity index (χ2n) is 5.62. The topological polar surface area (TPSA) is 23.1 Å². The average molecular weight is 166 g/mol. The summed E-state index contributed by atoms with van der Waals surface area (Å²) in [7, 11) is 0. The van der Waals surface area contributed by atoms with Crippen LogP contribution in [0.5, 0.6) is 0 Å². The normalized spacial score (nSPS) is 63.2. The van der Waals surface area contributed by atoms with Crippen LogP contribution in [0.25, 0.3) is 0 Å². The second kappa shape index (κ2) is 1.73. The van der Waals surface area contributed by atoms with Crippen LogP contribution in [0.4, 0.5) is 0 Å². The van der Waals surface area contributed by atoms with Gasteiger partial charge in [-0.15, -0.1) is 10.3 Å². The molecule has 0 amide bonds. The Kier molecular flexibility index (Phi) is 1.06. The van der Waals surface area contributed by atoms with E-state index >= 15 is 0 Å². The van der Waals surface area contributed by atoms with Crippen LogP contribution >= 0.6 is 0 Å². The summed E-state index contributed by atoms with van der Waals surface area (Å²) in [4.78, 5) is 0. The molecule has 2 aliphatic carbocycles. The Morgan fingerprint density at radius 2 is 1.33 bits per heavy atom. The molecule has 0 atom stereocenters. The highest BCUT2D eigenvalue weighted by Gasteiger charge is 2.64. The maximum absolute atomic E-state index is 12.0. The van der Waals surface area contributed by atoms with Gasteiger partial charge < -0.3 is 0 Å². The van der Waals surface area contributed by atoms with Gasteiger partial charge in [-0.1, -0.05) is 0 Å². The van der Waals surface area contributed by atoms with Gasteiger partial charge in [-0.25, -0.2) is 0 Å². The highest BCUT2D eigenvalue weighted by molar-refractivity contribution is 5.14. The van der Waals surface area contributed by atoms with E-state index in [1.165, 1.54) is 5.06 Å². The van der Waals surface area contributed by atoms with Crippen LogP contribution in [0.15, 0.2) is 0 Å². The van der Waals surface area contributed by atoms with Crippen molar-refractivity contribution >= 4 is 0 Å². The summed E-state index contributed by atoms with van der Waals surface area (Å²) in [5.41, 5.74) is 0.0289. The summed E-state index contributed by atoms with van der Waals surface area (Å²) in [6.45, 7) is 4.31.